The summed E-state index contributed by atoms with van der Waals surface area (Å²) < 4.78 is 6.58. The standard InChI is InChI=1S/C47H31N3OS/c1-3-12-30-24-32(22-20-28(30)10-1)34-26-38(43-35-14-5-7-17-39(35)51-40(43)27-34)47-49-45(33-23-21-29-11-2-4-13-31(29)25-33)48-46(50-47)37-16-9-19-42-44(37)36-15-6-8-18-41(36)52-42/h1-27,29,31,42,44H. The summed E-state index contributed by atoms with van der Waals surface area (Å²) in [5.74, 6) is 2.78. The van der Waals surface area contributed by atoms with Crippen molar-refractivity contribution in [3.63, 3.8) is 0 Å². The number of fused-ring (bicyclic) bond motifs is 8. The Morgan fingerprint density at radius 1 is 0.596 bits per heavy atom. The second kappa shape index (κ2) is 11.8. The van der Waals surface area contributed by atoms with Crippen LogP contribution in [0.25, 0.3) is 66.4 Å². The molecule has 0 N–H and O–H groups in total. The van der Waals surface area contributed by atoms with Crippen molar-refractivity contribution >= 4 is 55.6 Å². The molecule has 1 aliphatic heterocycles. The van der Waals surface area contributed by atoms with E-state index >= 15 is 0 Å². The molecule has 0 spiro atoms. The van der Waals surface area contributed by atoms with Crippen LogP contribution >= 0.6 is 11.8 Å². The van der Waals surface area contributed by atoms with E-state index < -0.39 is 0 Å². The van der Waals surface area contributed by atoms with Gasteiger partial charge in [-0.15, -0.1) is 11.8 Å². The number of nitrogens with zero attached hydrogens (tertiary/aromatic N) is 3. The highest BCUT2D eigenvalue weighted by atomic mass is 32.2. The molecule has 52 heavy (non-hydrogen) atoms. The molecule has 0 bridgehead atoms. The molecule has 0 saturated heterocycles. The van der Waals surface area contributed by atoms with Gasteiger partial charge in [-0.2, -0.15) is 0 Å². The third-order valence-corrected chi connectivity index (χ3v) is 12.1. The first-order chi connectivity index (χ1) is 25.7. The molecule has 5 heteroatoms. The van der Waals surface area contributed by atoms with Crippen LogP contribution in [0, 0.1) is 11.8 Å². The normalized spacial score (nSPS) is 21.3. The summed E-state index contributed by atoms with van der Waals surface area (Å²) in [6.45, 7) is 0. The number of rotatable bonds is 4. The Morgan fingerprint density at radius 3 is 2.37 bits per heavy atom. The molecule has 2 aromatic heterocycles. The van der Waals surface area contributed by atoms with Crippen LogP contribution in [0.5, 0.6) is 0 Å². The summed E-state index contributed by atoms with van der Waals surface area (Å²) >= 11 is 1.92. The quantitative estimate of drug-likeness (QED) is 0.185. The first-order valence-electron chi connectivity index (χ1n) is 17.8. The summed E-state index contributed by atoms with van der Waals surface area (Å²) in [7, 11) is 0. The fourth-order valence-electron chi connectivity index (χ4n) is 8.27. The van der Waals surface area contributed by atoms with Gasteiger partial charge in [-0.25, -0.2) is 15.0 Å². The van der Waals surface area contributed by atoms with Crippen LogP contribution in [0.1, 0.15) is 23.1 Å². The fourth-order valence-corrected chi connectivity index (χ4v) is 9.65. The van der Waals surface area contributed by atoms with Gasteiger partial charge in [-0.1, -0.05) is 134 Å². The highest BCUT2D eigenvalue weighted by molar-refractivity contribution is 8.00. The Balaban J connectivity index is 1.16. The molecule has 0 fully saturated rings. The zero-order valence-electron chi connectivity index (χ0n) is 28.1. The highest BCUT2D eigenvalue weighted by Gasteiger charge is 2.37. The average molecular weight is 686 g/mol. The third kappa shape index (κ3) is 4.80. The van der Waals surface area contributed by atoms with Gasteiger partial charge in [-0.05, 0) is 57.8 Å². The van der Waals surface area contributed by atoms with E-state index in [0.717, 1.165) is 49.8 Å². The van der Waals surface area contributed by atoms with E-state index in [1.54, 1.807) is 0 Å². The number of allylic oxidation sites excluding steroid dienone is 11. The number of benzene rings is 5. The molecule has 0 amide bonds. The first kappa shape index (κ1) is 29.7. The predicted molar refractivity (Wildman–Crippen MR) is 214 cm³/mol. The van der Waals surface area contributed by atoms with Crippen LogP contribution in [0.4, 0.5) is 0 Å². The van der Waals surface area contributed by atoms with Crippen molar-refractivity contribution in [2.75, 3.05) is 0 Å². The monoisotopic (exact) mass is 685 g/mol. The smallest absolute Gasteiger partial charge is 0.164 e. The molecule has 3 heterocycles. The maximum Gasteiger partial charge on any atom is 0.164 e. The van der Waals surface area contributed by atoms with Crippen molar-refractivity contribution in [2.24, 2.45) is 11.8 Å². The zero-order chi connectivity index (χ0) is 34.2. The minimum absolute atomic E-state index is 0.152. The number of thioether (sulfide) groups is 1. The lowest BCUT2D eigenvalue weighted by Gasteiger charge is -2.24. The Hall–Kier alpha value is -6.04. The van der Waals surface area contributed by atoms with Crippen LogP contribution < -0.4 is 0 Å². The molecule has 5 aromatic carbocycles. The lowest BCUT2D eigenvalue weighted by Crippen LogP contribution is -2.17. The molecule has 4 atom stereocenters. The maximum atomic E-state index is 6.58. The summed E-state index contributed by atoms with van der Waals surface area (Å²) in [6, 6.07) is 36.5. The number of aromatic nitrogens is 3. The van der Waals surface area contributed by atoms with Crippen molar-refractivity contribution in [1.29, 1.82) is 0 Å². The van der Waals surface area contributed by atoms with Crippen molar-refractivity contribution in [3.05, 3.63) is 181 Å². The van der Waals surface area contributed by atoms with E-state index in [9.17, 15) is 0 Å². The molecule has 0 radical (unpaired) electrons. The van der Waals surface area contributed by atoms with Gasteiger partial charge >= 0.3 is 0 Å². The van der Waals surface area contributed by atoms with E-state index in [-0.39, 0.29) is 17.1 Å². The van der Waals surface area contributed by atoms with Gasteiger partial charge in [-0.3, -0.25) is 0 Å². The van der Waals surface area contributed by atoms with Crippen LogP contribution in [-0.4, -0.2) is 20.2 Å². The molecule has 3 aliphatic carbocycles. The minimum Gasteiger partial charge on any atom is -0.456 e. The Morgan fingerprint density at radius 2 is 1.40 bits per heavy atom. The Bertz CT molecular complexity index is 2820. The topological polar surface area (TPSA) is 51.8 Å². The average Bonchev–Trinajstić information content (AvgIpc) is 3.78. The van der Waals surface area contributed by atoms with Crippen molar-refractivity contribution in [2.45, 2.75) is 16.1 Å². The summed E-state index contributed by atoms with van der Waals surface area (Å²) in [4.78, 5) is 17.4. The molecule has 4 nitrogen and oxygen atoms in total. The molecular formula is C47H31N3OS. The van der Waals surface area contributed by atoms with Crippen molar-refractivity contribution < 1.29 is 4.42 Å². The molecular weight excluding hydrogens is 655 g/mol. The van der Waals surface area contributed by atoms with E-state index in [2.05, 4.69) is 152 Å². The van der Waals surface area contributed by atoms with Crippen LogP contribution in [0.3, 0.4) is 0 Å². The number of para-hydroxylation sites is 1. The van der Waals surface area contributed by atoms with E-state index in [1.165, 1.54) is 21.2 Å². The molecule has 4 aliphatic rings. The van der Waals surface area contributed by atoms with Crippen LogP contribution in [-0.2, 0) is 0 Å². The van der Waals surface area contributed by atoms with Gasteiger partial charge in [0, 0.05) is 55.4 Å². The summed E-state index contributed by atoms with van der Waals surface area (Å²) in [6.07, 6.45) is 22.2. The SMILES string of the molecule is C1=CC2C=CC(c3nc(C4=CC=CC5Sc6ccccc6C45)nc(-c4cc(-c5ccc6ccccc6c5)cc5oc6ccccc6c45)n3)=CC2C=C1. The Kier molecular flexibility index (Phi) is 6.71. The van der Waals surface area contributed by atoms with Crippen molar-refractivity contribution in [3.8, 4) is 22.5 Å². The number of hydrogen-bond donors (Lipinski definition) is 0. The minimum atomic E-state index is 0.152. The van der Waals surface area contributed by atoms with E-state index in [1.807, 2.05) is 23.9 Å². The second-order valence-electron chi connectivity index (χ2n) is 13.9. The third-order valence-electron chi connectivity index (χ3n) is 10.8. The van der Waals surface area contributed by atoms with Gasteiger partial charge in [0.2, 0.25) is 0 Å². The van der Waals surface area contributed by atoms with E-state index in [0.29, 0.717) is 23.4 Å². The van der Waals surface area contributed by atoms with Gasteiger partial charge in [0.1, 0.15) is 11.2 Å². The van der Waals surface area contributed by atoms with E-state index in [4.69, 9.17) is 19.4 Å². The summed E-state index contributed by atoms with van der Waals surface area (Å²) in [5, 5.41) is 4.74. The predicted octanol–water partition coefficient (Wildman–Crippen LogP) is 11.8. The number of furan rings is 1. The highest BCUT2D eigenvalue weighted by Crippen LogP contribution is 2.53. The molecule has 246 valence electrons. The fraction of sp³-hybridized carbons (Fsp3) is 0.0851. The van der Waals surface area contributed by atoms with Gasteiger partial charge in [0.25, 0.3) is 0 Å². The van der Waals surface area contributed by atoms with Gasteiger partial charge < -0.3 is 4.42 Å². The second-order valence-corrected chi connectivity index (χ2v) is 15.1. The Labute approximate surface area is 305 Å². The van der Waals surface area contributed by atoms with Crippen molar-refractivity contribution in [1.82, 2.24) is 15.0 Å². The first-order valence-corrected chi connectivity index (χ1v) is 18.7. The molecule has 7 aromatic rings. The van der Waals surface area contributed by atoms with Gasteiger partial charge in [0.15, 0.2) is 17.5 Å². The maximum absolute atomic E-state index is 6.58. The lowest BCUT2D eigenvalue weighted by atomic mass is 9.83. The van der Waals surface area contributed by atoms with Crippen LogP contribution in [0.15, 0.2) is 173 Å². The molecule has 4 unspecified atom stereocenters. The zero-order valence-corrected chi connectivity index (χ0v) is 28.9. The van der Waals surface area contributed by atoms with Crippen LogP contribution in [0.2, 0.25) is 0 Å². The summed E-state index contributed by atoms with van der Waals surface area (Å²) in [5.41, 5.74) is 8.20. The lowest BCUT2D eigenvalue weighted by molar-refractivity contribution is 0.662. The van der Waals surface area contributed by atoms with Gasteiger partial charge in [0.05, 0.1) is 0 Å². The molecule has 11 rings (SSSR count). The largest absolute Gasteiger partial charge is 0.456 e. The molecule has 0 saturated carbocycles. The number of hydrogen-bond acceptors (Lipinski definition) is 5.